The number of ether oxygens (including phenoxy) is 1. The number of halogens is 1. The summed E-state index contributed by atoms with van der Waals surface area (Å²) in [6.45, 7) is 5.92. The molecule has 0 aromatic carbocycles. The third kappa shape index (κ3) is 3.00. The van der Waals surface area contributed by atoms with E-state index in [1.165, 1.54) is 0 Å². The average molecular weight is 314 g/mol. The molecule has 1 N–H and O–H groups in total. The van der Waals surface area contributed by atoms with Crippen LogP contribution in [0.2, 0.25) is 5.02 Å². The first-order chi connectivity index (χ1) is 9.72. The molecule has 2 heterocycles. The molecular formula is C14H20ClN3OS. The number of hydrogen-bond donors (Lipinski definition) is 1. The van der Waals surface area contributed by atoms with Gasteiger partial charge in [-0.3, -0.25) is 4.68 Å². The molecule has 0 aliphatic heterocycles. The number of hydrogen-bond acceptors (Lipinski definition) is 4. The summed E-state index contributed by atoms with van der Waals surface area (Å²) in [4.78, 5) is 1.14. The first-order valence-electron chi connectivity index (χ1n) is 6.78. The van der Waals surface area contributed by atoms with Gasteiger partial charge in [0.25, 0.3) is 0 Å². The molecule has 110 valence electrons. The summed E-state index contributed by atoms with van der Waals surface area (Å²) in [5.41, 5.74) is 1.00. The Bertz CT molecular complexity index is 552. The van der Waals surface area contributed by atoms with Crippen LogP contribution in [0.15, 0.2) is 17.6 Å². The van der Waals surface area contributed by atoms with E-state index in [2.05, 4.69) is 24.3 Å². The van der Waals surface area contributed by atoms with Gasteiger partial charge in [-0.05, 0) is 31.3 Å². The number of thiophene rings is 1. The Morgan fingerprint density at radius 2 is 2.30 bits per heavy atom. The number of methoxy groups -OCH3 is 1. The highest BCUT2D eigenvalue weighted by molar-refractivity contribution is 7.10. The average Bonchev–Trinajstić information content (AvgIpc) is 3.07. The topological polar surface area (TPSA) is 39.1 Å². The second-order valence-corrected chi connectivity index (χ2v) is 5.79. The first kappa shape index (κ1) is 15.4. The van der Waals surface area contributed by atoms with Crippen molar-refractivity contribution >= 4 is 22.9 Å². The van der Waals surface area contributed by atoms with Crippen molar-refractivity contribution in [3.05, 3.63) is 33.2 Å². The van der Waals surface area contributed by atoms with Crippen LogP contribution in [0.25, 0.3) is 0 Å². The van der Waals surface area contributed by atoms with Gasteiger partial charge in [0.15, 0.2) is 0 Å². The van der Waals surface area contributed by atoms with Crippen molar-refractivity contribution in [2.75, 3.05) is 13.7 Å². The number of nitrogens with one attached hydrogen (secondary N) is 1. The Hall–Kier alpha value is -1.04. The Labute approximate surface area is 128 Å². The quantitative estimate of drug-likeness (QED) is 0.847. The maximum atomic E-state index is 6.35. The highest BCUT2D eigenvalue weighted by atomic mass is 35.5. The number of nitrogens with zero attached hydrogens (tertiary/aromatic N) is 2. The van der Waals surface area contributed by atoms with Gasteiger partial charge in [0.2, 0.25) is 0 Å². The Morgan fingerprint density at radius 1 is 1.50 bits per heavy atom. The lowest BCUT2D eigenvalue weighted by Crippen LogP contribution is -2.25. The van der Waals surface area contributed by atoms with Gasteiger partial charge in [0, 0.05) is 6.54 Å². The maximum absolute atomic E-state index is 6.35. The van der Waals surface area contributed by atoms with E-state index in [1.54, 1.807) is 24.6 Å². The van der Waals surface area contributed by atoms with E-state index in [0.717, 1.165) is 35.8 Å². The van der Waals surface area contributed by atoms with Gasteiger partial charge < -0.3 is 10.1 Å². The number of aryl methyl sites for hydroxylation is 1. The van der Waals surface area contributed by atoms with Gasteiger partial charge in [-0.25, -0.2) is 0 Å². The standard InChI is InChI=1S/C14H20ClN3OS/c1-4-7-16-12(14-11(19-3)6-8-20-14)13-10(15)9-17-18(13)5-2/h6,8-9,12,16H,4-5,7H2,1-3H3. The summed E-state index contributed by atoms with van der Waals surface area (Å²) in [5.74, 6) is 0.892. The molecule has 2 rings (SSSR count). The van der Waals surface area contributed by atoms with E-state index in [9.17, 15) is 0 Å². The van der Waals surface area contributed by atoms with E-state index in [4.69, 9.17) is 16.3 Å². The predicted molar refractivity (Wildman–Crippen MR) is 83.9 cm³/mol. The number of aromatic nitrogens is 2. The molecular weight excluding hydrogens is 294 g/mol. The van der Waals surface area contributed by atoms with E-state index >= 15 is 0 Å². The fourth-order valence-electron chi connectivity index (χ4n) is 2.20. The van der Waals surface area contributed by atoms with Crippen LogP contribution in [-0.4, -0.2) is 23.4 Å². The molecule has 1 atom stereocenters. The summed E-state index contributed by atoms with van der Waals surface area (Å²) < 4.78 is 7.39. The minimum atomic E-state index is 0.0137. The SMILES string of the molecule is CCCNC(c1sccc1OC)c1c(Cl)cnn1CC. The molecule has 0 aliphatic rings. The summed E-state index contributed by atoms with van der Waals surface area (Å²) >= 11 is 8.02. The summed E-state index contributed by atoms with van der Waals surface area (Å²) in [5, 5.41) is 10.6. The fraction of sp³-hybridized carbons (Fsp3) is 0.500. The number of rotatable bonds is 7. The van der Waals surface area contributed by atoms with Crippen LogP contribution in [0.5, 0.6) is 5.75 Å². The van der Waals surface area contributed by atoms with Crippen molar-refractivity contribution in [2.24, 2.45) is 0 Å². The van der Waals surface area contributed by atoms with Crippen molar-refractivity contribution in [1.29, 1.82) is 0 Å². The lowest BCUT2D eigenvalue weighted by atomic mass is 10.1. The predicted octanol–water partition coefficient (Wildman–Crippen LogP) is 3.72. The van der Waals surface area contributed by atoms with Crippen molar-refractivity contribution < 1.29 is 4.74 Å². The third-order valence-electron chi connectivity index (χ3n) is 3.14. The third-order valence-corrected chi connectivity index (χ3v) is 4.40. The van der Waals surface area contributed by atoms with Gasteiger partial charge in [0.05, 0.1) is 34.9 Å². The Kier molecular flexibility index (Phi) is 5.46. The minimum Gasteiger partial charge on any atom is -0.496 e. The van der Waals surface area contributed by atoms with Crippen LogP contribution in [0.4, 0.5) is 0 Å². The van der Waals surface area contributed by atoms with Crippen molar-refractivity contribution in [3.8, 4) is 5.75 Å². The molecule has 6 heteroatoms. The zero-order valence-corrected chi connectivity index (χ0v) is 13.6. The maximum Gasteiger partial charge on any atom is 0.134 e. The van der Waals surface area contributed by atoms with E-state index in [1.807, 2.05) is 16.1 Å². The zero-order chi connectivity index (χ0) is 14.5. The Morgan fingerprint density at radius 3 is 2.95 bits per heavy atom. The van der Waals surface area contributed by atoms with Gasteiger partial charge in [-0.2, -0.15) is 5.10 Å². The van der Waals surface area contributed by atoms with Gasteiger partial charge in [0.1, 0.15) is 5.75 Å². The molecule has 2 aromatic rings. The lowest BCUT2D eigenvalue weighted by molar-refractivity contribution is 0.405. The lowest BCUT2D eigenvalue weighted by Gasteiger charge is -2.20. The van der Waals surface area contributed by atoms with Crippen molar-refractivity contribution in [3.63, 3.8) is 0 Å². The largest absolute Gasteiger partial charge is 0.496 e. The van der Waals surface area contributed by atoms with Crippen LogP contribution in [-0.2, 0) is 6.54 Å². The Balaban J connectivity index is 2.44. The summed E-state index contributed by atoms with van der Waals surface area (Å²) in [6.07, 6.45) is 2.77. The van der Waals surface area contributed by atoms with Crippen molar-refractivity contribution in [2.45, 2.75) is 32.9 Å². The van der Waals surface area contributed by atoms with Crippen LogP contribution < -0.4 is 10.1 Å². The molecule has 1 unspecified atom stereocenters. The van der Waals surface area contributed by atoms with E-state index < -0.39 is 0 Å². The second kappa shape index (κ2) is 7.11. The highest BCUT2D eigenvalue weighted by Gasteiger charge is 2.25. The summed E-state index contributed by atoms with van der Waals surface area (Å²) in [6, 6.07) is 2.00. The molecule has 0 amide bonds. The normalized spacial score (nSPS) is 12.6. The minimum absolute atomic E-state index is 0.0137. The molecule has 20 heavy (non-hydrogen) atoms. The molecule has 2 aromatic heterocycles. The molecule has 0 saturated carbocycles. The smallest absolute Gasteiger partial charge is 0.134 e. The molecule has 0 bridgehead atoms. The van der Waals surface area contributed by atoms with Gasteiger partial charge >= 0.3 is 0 Å². The molecule has 0 aliphatic carbocycles. The highest BCUT2D eigenvalue weighted by Crippen LogP contribution is 2.37. The molecule has 4 nitrogen and oxygen atoms in total. The van der Waals surface area contributed by atoms with Gasteiger partial charge in [-0.15, -0.1) is 11.3 Å². The molecule has 0 spiro atoms. The van der Waals surface area contributed by atoms with Gasteiger partial charge in [-0.1, -0.05) is 18.5 Å². The molecule has 0 fully saturated rings. The van der Waals surface area contributed by atoms with Crippen LogP contribution in [0, 0.1) is 0 Å². The van der Waals surface area contributed by atoms with Crippen LogP contribution >= 0.6 is 22.9 Å². The van der Waals surface area contributed by atoms with E-state index in [0.29, 0.717) is 5.02 Å². The monoisotopic (exact) mass is 313 g/mol. The fourth-order valence-corrected chi connectivity index (χ4v) is 3.39. The second-order valence-electron chi connectivity index (χ2n) is 4.43. The van der Waals surface area contributed by atoms with E-state index in [-0.39, 0.29) is 6.04 Å². The van der Waals surface area contributed by atoms with Crippen molar-refractivity contribution in [1.82, 2.24) is 15.1 Å². The molecule has 0 radical (unpaired) electrons. The first-order valence-corrected chi connectivity index (χ1v) is 8.04. The zero-order valence-electron chi connectivity index (χ0n) is 12.0. The van der Waals surface area contributed by atoms with Crippen LogP contribution in [0.1, 0.15) is 36.9 Å². The van der Waals surface area contributed by atoms with Crippen LogP contribution in [0.3, 0.4) is 0 Å². The molecule has 0 saturated heterocycles. The summed E-state index contributed by atoms with van der Waals surface area (Å²) in [7, 11) is 1.70.